The van der Waals surface area contributed by atoms with Gasteiger partial charge in [0.25, 0.3) is 5.69 Å². The maximum Gasteiger partial charge on any atom is 0.416 e. The van der Waals surface area contributed by atoms with Crippen LogP contribution in [0.4, 0.5) is 18.9 Å². The second kappa shape index (κ2) is 11.5. The van der Waals surface area contributed by atoms with Crippen molar-refractivity contribution in [2.45, 2.75) is 19.0 Å². The van der Waals surface area contributed by atoms with Crippen molar-refractivity contribution in [3.8, 4) is 11.5 Å². The van der Waals surface area contributed by atoms with Crippen LogP contribution in [-0.2, 0) is 26.9 Å². The zero-order valence-electron chi connectivity index (χ0n) is 16.7. The predicted molar refractivity (Wildman–Crippen MR) is 110 cm³/mol. The highest BCUT2D eigenvalue weighted by atomic mass is 35.5. The number of nitrogens with zero attached hydrogens (tertiary/aromatic N) is 1. The number of rotatable bonds is 11. The Bertz CT molecular complexity index is 980. The van der Waals surface area contributed by atoms with Crippen molar-refractivity contribution in [2.75, 3.05) is 19.8 Å². The summed E-state index contributed by atoms with van der Waals surface area (Å²) in [6.45, 7) is 4.30. The third-order valence-electron chi connectivity index (χ3n) is 4.00. The molecule has 0 atom stereocenters. The number of esters is 1. The third-order valence-corrected chi connectivity index (χ3v) is 4.30. The maximum absolute atomic E-state index is 12.8. The molecule has 0 saturated carbocycles. The molecular weight excluding hydrogens is 455 g/mol. The summed E-state index contributed by atoms with van der Waals surface area (Å²) in [5, 5.41) is 11.0. The molecule has 0 aliphatic rings. The molecule has 0 spiro atoms. The van der Waals surface area contributed by atoms with E-state index in [0.29, 0.717) is 25.7 Å². The molecule has 0 aliphatic heterocycles. The molecule has 0 aromatic heterocycles. The van der Waals surface area contributed by atoms with E-state index in [1.807, 2.05) is 0 Å². The van der Waals surface area contributed by atoms with E-state index < -0.39 is 29.1 Å². The van der Waals surface area contributed by atoms with E-state index >= 15 is 0 Å². The molecule has 0 heterocycles. The summed E-state index contributed by atoms with van der Waals surface area (Å²) < 4.78 is 54.0. The number of benzene rings is 2. The standard InChI is InChI=1S/C21H19ClF3NO6/c1-2-8-30-9-3-10-31-20(27)12-14-11-16(5-6-18(14)26(28)29)32-19-7-4-15(13-17(19)22)21(23,24)25/h2,4-7,11,13H,1,3,8-10,12H2. The molecule has 0 unspecified atom stereocenters. The van der Waals surface area contributed by atoms with Gasteiger partial charge >= 0.3 is 12.1 Å². The average molecular weight is 474 g/mol. The molecular formula is C21H19ClF3NO6. The lowest BCUT2D eigenvalue weighted by Gasteiger charge is -2.12. The minimum Gasteiger partial charge on any atom is -0.465 e. The first-order valence-electron chi connectivity index (χ1n) is 9.28. The van der Waals surface area contributed by atoms with Crippen LogP contribution in [-0.4, -0.2) is 30.7 Å². The first-order chi connectivity index (χ1) is 15.1. The molecule has 0 saturated heterocycles. The second-order valence-electron chi connectivity index (χ2n) is 6.41. The summed E-state index contributed by atoms with van der Waals surface area (Å²) in [6.07, 6.45) is -2.95. The van der Waals surface area contributed by atoms with Crippen molar-refractivity contribution < 1.29 is 37.1 Å². The quantitative estimate of drug-likeness (QED) is 0.136. The number of carbonyl (C=O) groups excluding carboxylic acids is 1. The second-order valence-corrected chi connectivity index (χ2v) is 6.81. The molecule has 2 aromatic carbocycles. The Balaban J connectivity index is 2.10. The maximum atomic E-state index is 12.8. The molecule has 2 aromatic rings. The van der Waals surface area contributed by atoms with Crippen LogP contribution in [0.1, 0.15) is 17.5 Å². The van der Waals surface area contributed by atoms with Crippen molar-refractivity contribution >= 4 is 23.3 Å². The Morgan fingerprint density at radius 1 is 1.19 bits per heavy atom. The van der Waals surface area contributed by atoms with Crippen molar-refractivity contribution in [2.24, 2.45) is 0 Å². The van der Waals surface area contributed by atoms with E-state index in [0.717, 1.165) is 18.2 Å². The van der Waals surface area contributed by atoms with Crippen LogP contribution in [0.5, 0.6) is 11.5 Å². The smallest absolute Gasteiger partial charge is 0.416 e. The number of ether oxygens (including phenoxy) is 3. The Hall–Kier alpha value is -3.11. The molecule has 0 amide bonds. The predicted octanol–water partition coefficient (Wildman–Crippen LogP) is 5.74. The van der Waals surface area contributed by atoms with E-state index in [1.54, 1.807) is 6.08 Å². The number of halogens is 4. The fourth-order valence-electron chi connectivity index (χ4n) is 2.55. The van der Waals surface area contributed by atoms with Crippen LogP contribution in [0.3, 0.4) is 0 Å². The summed E-state index contributed by atoms with van der Waals surface area (Å²) >= 11 is 5.87. The van der Waals surface area contributed by atoms with Gasteiger partial charge in [0.1, 0.15) is 11.5 Å². The van der Waals surface area contributed by atoms with Gasteiger partial charge in [-0.1, -0.05) is 17.7 Å². The average Bonchev–Trinajstić information content (AvgIpc) is 2.71. The topological polar surface area (TPSA) is 87.9 Å². The lowest BCUT2D eigenvalue weighted by molar-refractivity contribution is -0.385. The Morgan fingerprint density at radius 3 is 2.56 bits per heavy atom. The fourth-order valence-corrected chi connectivity index (χ4v) is 2.77. The molecule has 0 aliphatic carbocycles. The van der Waals surface area contributed by atoms with Gasteiger partial charge in [-0.25, -0.2) is 0 Å². The van der Waals surface area contributed by atoms with Gasteiger partial charge < -0.3 is 14.2 Å². The summed E-state index contributed by atoms with van der Waals surface area (Å²) in [6, 6.07) is 6.15. The molecule has 7 nitrogen and oxygen atoms in total. The zero-order chi connectivity index (χ0) is 23.7. The largest absolute Gasteiger partial charge is 0.465 e. The molecule has 0 N–H and O–H groups in total. The van der Waals surface area contributed by atoms with Crippen LogP contribution < -0.4 is 4.74 Å². The summed E-state index contributed by atoms with van der Waals surface area (Å²) in [4.78, 5) is 22.7. The number of hydrogen-bond acceptors (Lipinski definition) is 6. The number of hydrogen-bond donors (Lipinski definition) is 0. The van der Waals surface area contributed by atoms with Gasteiger partial charge in [-0.15, -0.1) is 6.58 Å². The first kappa shape index (κ1) is 25.2. The summed E-state index contributed by atoms with van der Waals surface area (Å²) in [7, 11) is 0. The van der Waals surface area contributed by atoms with E-state index in [9.17, 15) is 28.1 Å². The number of nitro benzene ring substituents is 1. The molecule has 2 rings (SSSR count). The van der Waals surface area contributed by atoms with Crippen LogP contribution in [0.2, 0.25) is 5.02 Å². The van der Waals surface area contributed by atoms with Gasteiger partial charge in [0.2, 0.25) is 0 Å². The Kier molecular flexibility index (Phi) is 9.03. The van der Waals surface area contributed by atoms with Crippen LogP contribution >= 0.6 is 11.6 Å². The first-order valence-corrected chi connectivity index (χ1v) is 9.65. The zero-order valence-corrected chi connectivity index (χ0v) is 17.4. The minimum atomic E-state index is -4.57. The third kappa shape index (κ3) is 7.54. The molecule has 32 heavy (non-hydrogen) atoms. The number of carbonyl (C=O) groups is 1. The molecule has 11 heteroatoms. The Labute approximate surface area is 186 Å². The molecule has 0 bridgehead atoms. The lowest BCUT2D eigenvalue weighted by atomic mass is 10.1. The van der Waals surface area contributed by atoms with Crippen molar-refractivity contribution in [1.29, 1.82) is 0 Å². The monoisotopic (exact) mass is 473 g/mol. The summed E-state index contributed by atoms with van der Waals surface area (Å²) in [5.74, 6) is -0.721. The molecule has 0 radical (unpaired) electrons. The van der Waals surface area contributed by atoms with Crippen LogP contribution in [0, 0.1) is 10.1 Å². The highest BCUT2D eigenvalue weighted by Crippen LogP contribution is 2.37. The van der Waals surface area contributed by atoms with Crippen molar-refractivity contribution in [3.63, 3.8) is 0 Å². The highest BCUT2D eigenvalue weighted by Gasteiger charge is 2.31. The number of nitro groups is 1. The lowest BCUT2D eigenvalue weighted by Crippen LogP contribution is -2.12. The van der Waals surface area contributed by atoms with Crippen LogP contribution in [0.25, 0.3) is 0 Å². The Morgan fingerprint density at radius 2 is 1.94 bits per heavy atom. The van der Waals surface area contributed by atoms with E-state index in [4.69, 9.17) is 25.8 Å². The fraction of sp³-hybridized carbons (Fsp3) is 0.286. The van der Waals surface area contributed by atoms with Gasteiger partial charge in [0.05, 0.1) is 41.8 Å². The normalized spacial score (nSPS) is 11.1. The van der Waals surface area contributed by atoms with Gasteiger partial charge in [0, 0.05) is 18.1 Å². The SMILES string of the molecule is C=CCOCCCOC(=O)Cc1cc(Oc2ccc(C(F)(F)F)cc2Cl)ccc1[N+](=O)[O-]. The van der Waals surface area contributed by atoms with Gasteiger partial charge in [0.15, 0.2) is 0 Å². The van der Waals surface area contributed by atoms with E-state index in [-0.39, 0.29) is 34.4 Å². The van der Waals surface area contributed by atoms with E-state index in [2.05, 4.69) is 6.58 Å². The van der Waals surface area contributed by atoms with E-state index in [1.165, 1.54) is 12.1 Å². The summed E-state index contributed by atoms with van der Waals surface area (Å²) in [5.41, 5.74) is -1.26. The van der Waals surface area contributed by atoms with Crippen LogP contribution in [0.15, 0.2) is 49.1 Å². The van der Waals surface area contributed by atoms with Crippen molar-refractivity contribution in [3.05, 3.63) is 75.3 Å². The highest BCUT2D eigenvalue weighted by molar-refractivity contribution is 6.32. The minimum absolute atomic E-state index is 0.0171. The molecule has 0 fully saturated rings. The number of alkyl halides is 3. The molecule has 172 valence electrons. The van der Waals surface area contributed by atoms with Crippen molar-refractivity contribution in [1.82, 2.24) is 0 Å². The van der Waals surface area contributed by atoms with Gasteiger partial charge in [-0.2, -0.15) is 13.2 Å². The van der Waals surface area contributed by atoms with Gasteiger partial charge in [-0.05, 0) is 30.3 Å². The van der Waals surface area contributed by atoms with Gasteiger partial charge in [-0.3, -0.25) is 14.9 Å².